The fourth-order valence-electron chi connectivity index (χ4n) is 4.06. The van der Waals surface area contributed by atoms with Crippen LogP contribution in [0.1, 0.15) is 36.8 Å². The van der Waals surface area contributed by atoms with Crippen LogP contribution in [0.2, 0.25) is 0 Å². The zero-order valence-electron chi connectivity index (χ0n) is 16.9. The molecule has 2 aromatic rings. The number of hydrogen-bond donors (Lipinski definition) is 3. The van der Waals surface area contributed by atoms with Gasteiger partial charge < -0.3 is 10.6 Å². The van der Waals surface area contributed by atoms with Crippen LogP contribution in [0, 0.1) is 0 Å². The predicted molar refractivity (Wildman–Crippen MR) is 117 cm³/mol. The average Bonchev–Trinajstić information content (AvgIpc) is 3.21. The standard InChI is InChI=1S/C22H30N4O2S/c1-24-21(25-16-13-18-9-11-20(12-10-18)29(23,27)28)26-17-22(14-5-6-15-22)19-7-3-2-4-8-19/h2-4,7-12H,5-6,13-17H2,1H3,(H2,23,27,28)(H2,24,25,26). The highest BCUT2D eigenvalue weighted by atomic mass is 32.2. The molecule has 0 aliphatic heterocycles. The van der Waals surface area contributed by atoms with Crippen molar-refractivity contribution in [3.8, 4) is 0 Å². The number of aliphatic imine (C=N–C) groups is 1. The third kappa shape index (κ3) is 5.58. The number of nitrogens with one attached hydrogen (secondary N) is 2. The van der Waals surface area contributed by atoms with Crippen molar-refractivity contribution in [2.45, 2.75) is 42.4 Å². The van der Waals surface area contributed by atoms with Gasteiger partial charge in [0.25, 0.3) is 0 Å². The zero-order valence-corrected chi connectivity index (χ0v) is 17.7. The summed E-state index contributed by atoms with van der Waals surface area (Å²) in [5.41, 5.74) is 2.61. The lowest BCUT2D eigenvalue weighted by Crippen LogP contribution is -2.45. The Bertz CT molecular complexity index is 919. The highest BCUT2D eigenvalue weighted by Gasteiger charge is 2.35. The predicted octanol–water partition coefficient (Wildman–Crippen LogP) is 2.55. The molecule has 0 atom stereocenters. The molecule has 1 fully saturated rings. The van der Waals surface area contributed by atoms with Crippen LogP contribution in [-0.2, 0) is 21.9 Å². The monoisotopic (exact) mass is 414 g/mol. The van der Waals surface area contributed by atoms with Crippen molar-refractivity contribution in [1.82, 2.24) is 10.6 Å². The minimum atomic E-state index is -3.65. The smallest absolute Gasteiger partial charge is 0.238 e. The third-order valence-electron chi connectivity index (χ3n) is 5.72. The van der Waals surface area contributed by atoms with Crippen LogP contribution in [0.3, 0.4) is 0 Å². The summed E-state index contributed by atoms with van der Waals surface area (Å²) in [6.45, 7) is 1.56. The topological polar surface area (TPSA) is 96.6 Å². The Morgan fingerprint density at radius 1 is 1.03 bits per heavy atom. The van der Waals surface area contributed by atoms with E-state index in [0.717, 1.165) is 24.5 Å². The molecular weight excluding hydrogens is 384 g/mol. The molecule has 1 saturated carbocycles. The molecule has 2 aromatic carbocycles. The summed E-state index contributed by atoms with van der Waals surface area (Å²) in [4.78, 5) is 4.48. The van der Waals surface area contributed by atoms with Crippen molar-refractivity contribution in [3.05, 3.63) is 65.7 Å². The van der Waals surface area contributed by atoms with Gasteiger partial charge in [0.05, 0.1) is 4.90 Å². The number of guanidine groups is 1. The first-order valence-electron chi connectivity index (χ1n) is 10.0. The minimum Gasteiger partial charge on any atom is -0.356 e. The molecule has 1 aliphatic rings. The summed E-state index contributed by atoms with van der Waals surface area (Å²) >= 11 is 0. The molecule has 0 heterocycles. The first kappa shape index (κ1) is 21.3. The molecule has 0 amide bonds. The number of nitrogens with two attached hydrogens (primary N) is 1. The number of rotatable bonds is 7. The van der Waals surface area contributed by atoms with Crippen molar-refractivity contribution < 1.29 is 8.42 Å². The van der Waals surface area contributed by atoms with E-state index in [4.69, 9.17) is 5.14 Å². The van der Waals surface area contributed by atoms with Gasteiger partial charge in [0.2, 0.25) is 10.0 Å². The van der Waals surface area contributed by atoms with Gasteiger partial charge >= 0.3 is 0 Å². The van der Waals surface area contributed by atoms with Gasteiger partial charge in [-0.3, -0.25) is 4.99 Å². The van der Waals surface area contributed by atoms with Gasteiger partial charge in [0.1, 0.15) is 0 Å². The summed E-state index contributed by atoms with van der Waals surface area (Å²) in [5.74, 6) is 0.786. The van der Waals surface area contributed by atoms with E-state index in [-0.39, 0.29) is 10.3 Å². The van der Waals surface area contributed by atoms with Crippen molar-refractivity contribution in [2.75, 3.05) is 20.1 Å². The molecule has 29 heavy (non-hydrogen) atoms. The SMILES string of the molecule is CN=C(NCCc1ccc(S(N)(=O)=O)cc1)NCC1(c2ccccc2)CCCC1. The van der Waals surface area contributed by atoms with Crippen molar-refractivity contribution >= 4 is 16.0 Å². The van der Waals surface area contributed by atoms with Gasteiger partial charge in [-0.05, 0) is 42.5 Å². The van der Waals surface area contributed by atoms with E-state index in [0.29, 0.717) is 6.54 Å². The number of sulfonamides is 1. The maximum Gasteiger partial charge on any atom is 0.238 e. The Hall–Kier alpha value is -2.38. The molecule has 156 valence electrons. The minimum absolute atomic E-state index is 0.134. The lowest BCUT2D eigenvalue weighted by atomic mass is 9.79. The second-order valence-corrected chi connectivity index (χ2v) is 9.21. The first-order chi connectivity index (χ1) is 13.9. The van der Waals surface area contributed by atoms with Gasteiger partial charge in [-0.1, -0.05) is 55.3 Å². The molecule has 3 rings (SSSR count). The highest BCUT2D eigenvalue weighted by Crippen LogP contribution is 2.40. The van der Waals surface area contributed by atoms with Crippen molar-refractivity contribution in [2.24, 2.45) is 10.1 Å². The molecule has 0 spiro atoms. The van der Waals surface area contributed by atoms with Crippen LogP contribution < -0.4 is 15.8 Å². The van der Waals surface area contributed by atoms with Gasteiger partial charge in [-0.25, -0.2) is 13.6 Å². The molecule has 6 nitrogen and oxygen atoms in total. The van der Waals surface area contributed by atoms with Gasteiger partial charge in [-0.2, -0.15) is 0 Å². The lowest BCUT2D eigenvalue weighted by Gasteiger charge is -2.30. The Kier molecular flexibility index (Phi) is 6.92. The second kappa shape index (κ2) is 9.41. The van der Waals surface area contributed by atoms with Crippen LogP contribution in [0.15, 0.2) is 64.5 Å². The summed E-state index contributed by atoms with van der Waals surface area (Å²) in [7, 11) is -1.87. The Balaban J connectivity index is 1.53. The van der Waals surface area contributed by atoms with E-state index < -0.39 is 10.0 Å². The van der Waals surface area contributed by atoms with Gasteiger partial charge in [-0.15, -0.1) is 0 Å². The molecule has 0 bridgehead atoms. The van der Waals surface area contributed by atoms with Crippen LogP contribution >= 0.6 is 0 Å². The lowest BCUT2D eigenvalue weighted by molar-refractivity contribution is 0.432. The average molecular weight is 415 g/mol. The fraction of sp³-hybridized carbons (Fsp3) is 0.409. The van der Waals surface area contributed by atoms with Gasteiger partial charge in [0.15, 0.2) is 5.96 Å². The van der Waals surface area contributed by atoms with Crippen LogP contribution in [0.25, 0.3) is 0 Å². The maximum absolute atomic E-state index is 11.3. The van der Waals surface area contributed by atoms with E-state index in [9.17, 15) is 8.42 Å². The summed E-state index contributed by atoms with van der Waals surface area (Å²) in [6, 6.07) is 17.4. The maximum atomic E-state index is 11.3. The quantitative estimate of drug-likeness (QED) is 0.479. The summed E-state index contributed by atoms with van der Waals surface area (Å²) in [6.07, 6.45) is 5.67. The number of hydrogen-bond acceptors (Lipinski definition) is 3. The van der Waals surface area contributed by atoms with Crippen LogP contribution in [-0.4, -0.2) is 34.5 Å². The van der Waals surface area contributed by atoms with E-state index in [2.05, 4.69) is 46.0 Å². The Morgan fingerprint density at radius 2 is 1.69 bits per heavy atom. The molecule has 0 radical (unpaired) electrons. The molecule has 4 N–H and O–H groups in total. The molecule has 1 aliphatic carbocycles. The number of primary sulfonamides is 1. The largest absolute Gasteiger partial charge is 0.356 e. The third-order valence-corrected chi connectivity index (χ3v) is 6.65. The zero-order chi connectivity index (χ0) is 20.7. The number of benzene rings is 2. The number of nitrogens with zero attached hydrogens (tertiary/aromatic N) is 1. The summed E-state index contributed by atoms with van der Waals surface area (Å²) in [5, 5.41) is 12.0. The van der Waals surface area contributed by atoms with Crippen molar-refractivity contribution in [1.29, 1.82) is 0 Å². The normalized spacial score (nSPS) is 16.6. The van der Waals surface area contributed by atoms with E-state index in [1.165, 1.54) is 31.2 Å². The van der Waals surface area contributed by atoms with E-state index in [1.54, 1.807) is 31.3 Å². The second-order valence-electron chi connectivity index (χ2n) is 7.64. The van der Waals surface area contributed by atoms with E-state index in [1.807, 2.05) is 0 Å². The molecule has 7 heteroatoms. The molecule has 0 aromatic heterocycles. The molecule has 0 saturated heterocycles. The van der Waals surface area contributed by atoms with Crippen molar-refractivity contribution in [3.63, 3.8) is 0 Å². The Morgan fingerprint density at radius 3 is 2.28 bits per heavy atom. The summed E-state index contributed by atoms with van der Waals surface area (Å²) < 4.78 is 22.7. The molecule has 0 unspecified atom stereocenters. The molecular formula is C22H30N4O2S. The first-order valence-corrected chi connectivity index (χ1v) is 11.6. The van der Waals surface area contributed by atoms with E-state index >= 15 is 0 Å². The fourth-order valence-corrected chi connectivity index (χ4v) is 4.57. The Labute approximate surface area is 173 Å². The highest BCUT2D eigenvalue weighted by molar-refractivity contribution is 7.89. The van der Waals surface area contributed by atoms with Crippen LogP contribution in [0.5, 0.6) is 0 Å². The van der Waals surface area contributed by atoms with Crippen LogP contribution in [0.4, 0.5) is 0 Å². The van der Waals surface area contributed by atoms with Gasteiger partial charge in [0, 0.05) is 25.6 Å².